The number of sulfonamides is 1. The van der Waals surface area contributed by atoms with Crippen LogP contribution in [0.2, 0.25) is 0 Å². The fraction of sp³-hybridized carbons (Fsp3) is 0.556. The molecule has 1 aromatic rings. The first-order valence-electron chi connectivity index (χ1n) is 8.62. The van der Waals surface area contributed by atoms with Gasteiger partial charge in [-0.1, -0.05) is 18.6 Å². The molecule has 6 nitrogen and oxygen atoms in total. The highest BCUT2D eigenvalue weighted by Crippen LogP contribution is 2.44. The Bertz CT molecular complexity index is 790. The Morgan fingerprint density at radius 2 is 2.00 bits per heavy atom. The third kappa shape index (κ3) is 4.03. The summed E-state index contributed by atoms with van der Waals surface area (Å²) in [6.45, 7) is 1.15. The SMILES string of the molecule is CC(=O)c1cccc(N(CC(=O)N[C@H]2C[C@@H]3CC[C@@H]2C3)S(C)(=O)=O)c1. The smallest absolute Gasteiger partial charge is 0.241 e. The molecule has 0 unspecified atom stereocenters. The van der Waals surface area contributed by atoms with Crippen LogP contribution in [-0.2, 0) is 14.8 Å². The number of carbonyl (C=O) groups excluding carboxylic acids is 2. The molecule has 7 heteroatoms. The number of hydrogen-bond acceptors (Lipinski definition) is 4. The summed E-state index contributed by atoms with van der Waals surface area (Å²) in [6, 6.07) is 6.52. The Labute approximate surface area is 148 Å². The lowest BCUT2D eigenvalue weighted by molar-refractivity contribution is -0.120. The van der Waals surface area contributed by atoms with Crippen LogP contribution >= 0.6 is 0 Å². The van der Waals surface area contributed by atoms with Gasteiger partial charge in [0, 0.05) is 11.6 Å². The molecule has 2 aliphatic carbocycles. The van der Waals surface area contributed by atoms with Crippen LogP contribution in [0, 0.1) is 11.8 Å². The van der Waals surface area contributed by atoms with Crippen molar-refractivity contribution < 1.29 is 18.0 Å². The molecule has 0 heterocycles. The van der Waals surface area contributed by atoms with E-state index in [0.717, 1.165) is 23.4 Å². The van der Waals surface area contributed by atoms with Gasteiger partial charge in [-0.15, -0.1) is 0 Å². The zero-order valence-corrected chi connectivity index (χ0v) is 15.4. The van der Waals surface area contributed by atoms with Gasteiger partial charge < -0.3 is 5.32 Å². The van der Waals surface area contributed by atoms with E-state index in [1.165, 1.54) is 25.8 Å². The molecular weight excluding hydrogens is 340 g/mol. The van der Waals surface area contributed by atoms with E-state index >= 15 is 0 Å². The maximum atomic E-state index is 12.4. The maximum Gasteiger partial charge on any atom is 0.241 e. The van der Waals surface area contributed by atoms with E-state index in [1.807, 2.05) is 0 Å². The lowest BCUT2D eigenvalue weighted by atomic mass is 9.95. The molecule has 2 fully saturated rings. The van der Waals surface area contributed by atoms with Gasteiger partial charge in [0.05, 0.1) is 11.9 Å². The average molecular weight is 364 g/mol. The second kappa shape index (κ2) is 6.78. The fourth-order valence-electron chi connectivity index (χ4n) is 4.08. The number of nitrogens with zero attached hydrogens (tertiary/aromatic N) is 1. The number of benzene rings is 1. The van der Waals surface area contributed by atoms with Crippen LogP contribution in [0.3, 0.4) is 0 Å². The topological polar surface area (TPSA) is 83.6 Å². The largest absolute Gasteiger partial charge is 0.352 e. The first-order chi connectivity index (χ1) is 11.7. The molecule has 0 saturated heterocycles. The summed E-state index contributed by atoms with van der Waals surface area (Å²) in [5.74, 6) is 0.785. The quantitative estimate of drug-likeness (QED) is 0.782. The molecule has 2 saturated carbocycles. The van der Waals surface area contributed by atoms with Crippen molar-refractivity contribution in [2.45, 2.75) is 38.6 Å². The van der Waals surface area contributed by atoms with Gasteiger partial charge in [-0.2, -0.15) is 0 Å². The van der Waals surface area contributed by atoms with Crippen molar-refractivity contribution >= 4 is 27.4 Å². The van der Waals surface area contributed by atoms with Crippen molar-refractivity contribution in [2.24, 2.45) is 11.8 Å². The van der Waals surface area contributed by atoms with Gasteiger partial charge in [0.25, 0.3) is 0 Å². The summed E-state index contributed by atoms with van der Waals surface area (Å²) in [7, 11) is -3.64. The lowest BCUT2D eigenvalue weighted by Crippen LogP contribution is -2.45. The number of anilines is 1. The van der Waals surface area contributed by atoms with Gasteiger partial charge in [-0.3, -0.25) is 13.9 Å². The number of ketones is 1. The zero-order chi connectivity index (χ0) is 18.2. The van der Waals surface area contributed by atoms with E-state index < -0.39 is 10.0 Å². The molecule has 3 rings (SSSR count). The van der Waals surface area contributed by atoms with E-state index in [4.69, 9.17) is 0 Å². The summed E-state index contributed by atoms with van der Waals surface area (Å²) >= 11 is 0. The van der Waals surface area contributed by atoms with Gasteiger partial charge in [-0.05, 0) is 50.2 Å². The third-order valence-electron chi connectivity index (χ3n) is 5.31. The Kier molecular flexibility index (Phi) is 4.86. The molecule has 0 aromatic heterocycles. The van der Waals surface area contributed by atoms with E-state index in [9.17, 15) is 18.0 Å². The number of fused-ring (bicyclic) bond motifs is 2. The number of carbonyl (C=O) groups is 2. The predicted molar refractivity (Wildman–Crippen MR) is 96.0 cm³/mol. The molecule has 0 aliphatic heterocycles. The van der Waals surface area contributed by atoms with E-state index in [-0.39, 0.29) is 24.3 Å². The van der Waals surface area contributed by atoms with E-state index in [2.05, 4.69) is 5.32 Å². The van der Waals surface area contributed by atoms with Crippen molar-refractivity contribution in [1.82, 2.24) is 5.32 Å². The summed E-state index contributed by atoms with van der Waals surface area (Å²) in [6.07, 6.45) is 5.62. The highest BCUT2D eigenvalue weighted by molar-refractivity contribution is 7.92. The van der Waals surface area contributed by atoms with Crippen LogP contribution in [0.25, 0.3) is 0 Å². The van der Waals surface area contributed by atoms with Gasteiger partial charge in [-0.25, -0.2) is 8.42 Å². The van der Waals surface area contributed by atoms with Gasteiger partial charge >= 0.3 is 0 Å². The van der Waals surface area contributed by atoms with Crippen LogP contribution in [0.15, 0.2) is 24.3 Å². The molecule has 3 atom stereocenters. The number of hydrogen-bond donors (Lipinski definition) is 1. The summed E-state index contributed by atoms with van der Waals surface area (Å²) in [5, 5.41) is 3.01. The second-order valence-electron chi connectivity index (χ2n) is 7.23. The Hall–Kier alpha value is -1.89. The van der Waals surface area contributed by atoms with Crippen LogP contribution < -0.4 is 9.62 Å². The first-order valence-corrected chi connectivity index (χ1v) is 10.5. The summed E-state index contributed by atoms with van der Waals surface area (Å²) in [5.41, 5.74) is 0.748. The predicted octanol–water partition coefficient (Wildman–Crippen LogP) is 1.96. The second-order valence-corrected chi connectivity index (χ2v) is 9.13. The molecular formula is C18H24N2O4S. The molecule has 1 amide bonds. The molecule has 0 spiro atoms. The fourth-order valence-corrected chi connectivity index (χ4v) is 4.93. The minimum atomic E-state index is -3.64. The number of amides is 1. The van der Waals surface area contributed by atoms with E-state index in [0.29, 0.717) is 23.1 Å². The Morgan fingerprint density at radius 3 is 2.56 bits per heavy atom. The number of rotatable bonds is 6. The molecule has 0 radical (unpaired) electrons. The van der Waals surface area contributed by atoms with Crippen molar-refractivity contribution in [3.8, 4) is 0 Å². The standard InChI is InChI=1S/C18H24N2O4S/c1-12(21)14-4-3-5-16(10-14)20(25(2,23)24)11-18(22)19-17-9-13-6-7-15(17)8-13/h3-5,10,13,15,17H,6-9,11H2,1-2H3,(H,19,22)/t13-,15-,17+/m1/s1. The van der Waals surface area contributed by atoms with Crippen molar-refractivity contribution in [3.63, 3.8) is 0 Å². The molecule has 2 aliphatic rings. The molecule has 25 heavy (non-hydrogen) atoms. The lowest BCUT2D eigenvalue weighted by Gasteiger charge is -2.26. The van der Waals surface area contributed by atoms with Gasteiger partial charge in [0.15, 0.2) is 5.78 Å². The van der Waals surface area contributed by atoms with Crippen LogP contribution in [0.4, 0.5) is 5.69 Å². The molecule has 2 bridgehead atoms. The number of Topliss-reactive ketones (excluding diaryl/α,β-unsaturated/α-hetero) is 1. The van der Waals surface area contributed by atoms with Gasteiger partial charge in [0.1, 0.15) is 6.54 Å². The molecule has 1 N–H and O–H groups in total. The highest BCUT2D eigenvalue weighted by atomic mass is 32.2. The van der Waals surface area contributed by atoms with Crippen LogP contribution in [-0.4, -0.2) is 39.0 Å². The highest BCUT2D eigenvalue weighted by Gasteiger charge is 2.40. The minimum Gasteiger partial charge on any atom is -0.352 e. The zero-order valence-electron chi connectivity index (χ0n) is 14.6. The monoisotopic (exact) mass is 364 g/mol. The van der Waals surface area contributed by atoms with Crippen molar-refractivity contribution in [2.75, 3.05) is 17.1 Å². The Balaban J connectivity index is 1.74. The van der Waals surface area contributed by atoms with Gasteiger partial charge in [0.2, 0.25) is 15.9 Å². The maximum absolute atomic E-state index is 12.4. The molecule has 136 valence electrons. The van der Waals surface area contributed by atoms with Crippen LogP contribution in [0.5, 0.6) is 0 Å². The van der Waals surface area contributed by atoms with E-state index in [1.54, 1.807) is 18.2 Å². The van der Waals surface area contributed by atoms with Crippen LogP contribution in [0.1, 0.15) is 43.0 Å². The average Bonchev–Trinajstić information content (AvgIpc) is 3.14. The summed E-state index contributed by atoms with van der Waals surface area (Å²) < 4.78 is 25.4. The van der Waals surface area contributed by atoms with Crippen molar-refractivity contribution in [1.29, 1.82) is 0 Å². The summed E-state index contributed by atoms with van der Waals surface area (Å²) in [4.78, 5) is 24.0. The first kappa shape index (κ1) is 17.9. The Morgan fingerprint density at radius 1 is 1.24 bits per heavy atom. The van der Waals surface area contributed by atoms with Crippen molar-refractivity contribution in [3.05, 3.63) is 29.8 Å². The normalized spacial score (nSPS) is 25.0. The third-order valence-corrected chi connectivity index (χ3v) is 6.45. The number of nitrogens with one attached hydrogen (secondary N) is 1. The minimum absolute atomic E-state index is 0.151. The molecule has 1 aromatic carbocycles.